The molecule has 10 heavy (non-hydrogen) atoms. The Hall–Kier alpha value is 1.55. The van der Waals surface area contributed by atoms with E-state index in [1.165, 1.54) is 0 Å². The van der Waals surface area contributed by atoms with Gasteiger partial charge >= 0.3 is 93.1 Å². The Morgan fingerprint density at radius 1 is 0.800 bits per heavy atom. The second kappa shape index (κ2) is 16.9. The third kappa shape index (κ3) is 290. The second-order valence-corrected chi connectivity index (χ2v) is 0.500. The number of carboxylic acid groups (broad SMARTS) is 4. The van der Waals surface area contributed by atoms with Crippen molar-refractivity contribution in [2.45, 2.75) is 0 Å². The van der Waals surface area contributed by atoms with Gasteiger partial charge in [0.05, 0.1) is 0 Å². The molecular formula is C2CeKO6. The fourth-order valence-corrected chi connectivity index (χ4v) is 0. The van der Waals surface area contributed by atoms with Crippen LogP contribution >= 0.6 is 0 Å². The van der Waals surface area contributed by atoms with Crippen LogP contribution in [0.1, 0.15) is 0 Å². The van der Waals surface area contributed by atoms with Crippen molar-refractivity contribution in [3.05, 3.63) is 0 Å². The van der Waals surface area contributed by atoms with Gasteiger partial charge in [-0.2, -0.15) is 0 Å². The van der Waals surface area contributed by atoms with Crippen LogP contribution < -0.4 is 71.8 Å². The van der Waals surface area contributed by atoms with E-state index in [-0.39, 0.29) is 93.1 Å². The summed E-state index contributed by atoms with van der Waals surface area (Å²) in [6, 6.07) is 0. The summed E-state index contributed by atoms with van der Waals surface area (Å²) in [6.45, 7) is 0. The van der Waals surface area contributed by atoms with E-state index in [2.05, 4.69) is 0 Å². The van der Waals surface area contributed by atoms with Gasteiger partial charge in [0.2, 0.25) is 0 Å². The summed E-state index contributed by atoms with van der Waals surface area (Å²) in [5.41, 5.74) is 0. The Kier molecular flexibility index (Phi) is 38.1. The van der Waals surface area contributed by atoms with Gasteiger partial charge in [-0.15, -0.1) is 0 Å². The minimum atomic E-state index is -2.33. The van der Waals surface area contributed by atoms with Crippen LogP contribution in [0.15, 0.2) is 0 Å². The van der Waals surface area contributed by atoms with Gasteiger partial charge in [0, 0.05) is 0 Å². The Labute approximate surface area is 132 Å². The van der Waals surface area contributed by atoms with Gasteiger partial charge in [-0.3, -0.25) is 0 Å². The molecule has 0 unspecified atom stereocenters. The van der Waals surface area contributed by atoms with Gasteiger partial charge in [0.15, 0.2) is 0 Å². The molecular weight excluding hydrogens is 299 g/mol. The molecule has 8 heteroatoms. The molecule has 0 heterocycles. The topological polar surface area (TPSA) is 126 Å². The van der Waals surface area contributed by atoms with Crippen molar-refractivity contribution in [2.75, 3.05) is 0 Å². The molecule has 1 radical (unpaired) electrons. The molecule has 49 valence electrons. The molecule has 0 spiro atoms. The summed E-state index contributed by atoms with van der Waals surface area (Å²) in [4.78, 5) is 16.7. The molecule has 0 aliphatic carbocycles. The maximum Gasteiger partial charge on any atom is 3.00 e. The molecule has 0 N–H and O–H groups in total. The Bertz CT molecular complexity index is 73.7. The van der Waals surface area contributed by atoms with Crippen molar-refractivity contribution in [2.24, 2.45) is 0 Å². The minimum Gasteiger partial charge on any atom is -0.652 e. The van der Waals surface area contributed by atoms with Gasteiger partial charge in [0.1, 0.15) is 0 Å². The van der Waals surface area contributed by atoms with Crippen LogP contribution in [-0.2, 0) is 0 Å². The zero-order valence-corrected chi connectivity index (χ0v) is 11.2. The molecule has 0 fully saturated rings. The molecule has 0 aromatic carbocycles. The van der Waals surface area contributed by atoms with Crippen LogP contribution in [-0.4, -0.2) is 12.3 Å². The zero-order valence-electron chi connectivity index (χ0n) is 4.95. The van der Waals surface area contributed by atoms with Crippen LogP contribution in [0.4, 0.5) is 9.59 Å². The van der Waals surface area contributed by atoms with Crippen LogP contribution in [0, 0.1) is 41.7 Å². The van der Waals surface area contributed by atoms with E-state index in [0.717, 1.165) is 0 Å². The number of hydrogen-bond acceptors (Lipinski definition) is 6. The molecule has 0 bridgehead atoms. The molecule has 0 amide bonds. The molecule has 0 aromatic heterocycles. The number of rotatable bonds is 0. The van der Waals surface area contributed by atoms with Gasteiger partial charge in [-0.05, 0) is 12.3 Å². The summed E-state index contributed by atoms with van der Waals surface area (Å²) < 4.78 is 0. The van der Waals surface area contributed by atoms with Gasteiger partial charge in [-0.25, -0.2) is 0 Å². The van der Waals surface area contributed by atoms with Gasteiger partial charge in [-0.1, -0.05) is 0 Å². The molecule has 0 aliphatic rings. The van der Waals surface area contributed by atoms with Crippen molar-refractivity contribution in [3.8, 4) is 0 Å². The van der Waals surface area contributed by atoms with Gasteiger partial charge in [0.25, 0.3) is 0 Å². The van der Waals surface area contributed by atoms with E-state index in [1.807, 2.05) is 0 Å². The number of carbonyl (C=O) groups is 2. The molecule has 0 rings (SSSR count). The van der Waals surface area contributed by atoms with Crippen LogP contribution in [0.5, 0.6) is 0 Å². The van der Waals surface area contributed by atoms with Crippen molar-refractivity contribution in [3.63, 3.8) is 0 Å². The molecule has 0 saturated heterocycles. The van der Waals surface area contributed by atoms with Crippen molar-refractivity contribution in [1.82, 2.24) is 0 Å². The smallest absolute Gasteiger partial charge is 0.652 e. The number of hydrogen-bond donors (Lipinski definition) is 0. The second-order valence-electron chi connectivity index (χ2n) is 0.500. The summed E-state index contributed by atoms with van der Waals surface area (Å²) >= 11 is 0. The molecule has 0 saturated carbocycles. The minimum absolute atomic E-state index is 0. The first-order valence-electron chi connectivity index (χ1n) is 1.22. The van der Waals surface area contributed by atoms with Crippen molar-refractivity contribution >= 4 is 12.3 Å². The largest absolute Gasteiger partial charge is 3.00 e. The fraction of sp³-hybridized carbons (Fsp3) is 0. The molecule has 0 atom stereocenters. The first kappa shape index (κ1) is 22.6. The Morgan fingerprint density at radius 2 is 0.800 bits per heavy atom. The fourth-order valence-electron chi connectivity index (χ4n) is 0. The van der Waals surface area contributed by atoms with Gasteiger partial charge < -0.3 is 30.0 Å². The number of carbonyl (C=O) groups excluding carboxylic acids is 2. The van der Waals surface area contributed by atoms with E-state index in [9.17, 15) is 0 Å². The summed E-state index contributed by atoms with van der Waals surface area (Å²) in [6.07, 6.45) is -4.67. The molecule has 0 aromatic rings. The summed E-state index contributed by atoms with van der Waals surface area (Å²) in [5.74, 6) is 0. The van der Waals surface area contributed by atoms with E-state index in [0.29, 0.717) is 0 Å². The van der Waals surface area contributed by atoms with Crippen LogP contribution in [0.3, 0.4) is 0 Å². The zero-order chi connectivity index (χ0) is 7.15. The Balaban J connectivity index is -0.0000000300. The monoisotopic (exact) mass is 299 g/mol. The first-order valence-corrected chi connectivity index (χ1v) is 1.22. The van der Waals surface area contributed by atoms with E-state index in [1.54, 1.807) is 0 Å². The third-order valence-electron chi connectivity index (χ3n) is 0. The summed E-state index contributed by atoms with van der Waals surface area (Å²) in [5, 5.41) is 33.3. The first-order chi connectivity index (χ1) is 3.46. The molecule has 6 nitrogen and oxygen atoms in total. The SMILES string of the molecule is O=C([O-])[O-].O=C([O-])[O-].[Ce+3].[K+]. The normalized spacial score (nSPS) is 4.80. The van der Waals surface area contributed by atoms with E-state index >= 15 is 0 Å². The molecule has 0 aliphatic heterocycles. The van der Waals surface area contributed by atoms with Crippen molar-refractivity contribution < 1.29 is 123 Å². The van der Waals surface area contributed by atoms with Crippen molar-refractivity contribution in [1.29, 1.82) is 0 Å². The predicted molar refractivity (Wildman–Crippen MR) is 10.8 cm³/mol. The Morgan fingerprint density at radius 3 is 0.800 bits per heavy atom. The predicted octanol–water partition coefficient (Wildman–Crippen LogP) is -7.89. The quantitative estimate of drug-likeness (QED) is 0.409. The van der Waals surface area contributed by atoms with Crippen LogP contribution in [0.2, 0.25) is 0 Å². The maximum atomic E-state index is 8.33. The standard InChI is InChI=1S/2CH2O3.Ce.K/c2*2-1(3)4;;/h2*(H2,2,3,4);;/q;;+3;+1/p-4. The van der Waals surface area contributed by atoms with E-state index in [4.69, 9.17) is 30.0 Å². The third-order valence-corrected chi connectivity index (χ3v) is 0. The average molecular weight is 299 g/mol. The van der Waals surface area contributed by atoms with Crippen LogP contribution in [0.25, 0.3) is 0 Å². The van der Waals surface area contributed by atoms with E-state index < -0.39 is 12.3 Å². The maximum absolute atomic E-state index is 8.33. The summed E-state index contributed by atoms with van der Waals surface area (Å²) in [7, 11) is 0. The average Bonchev–Trinajstić information content (AvgIpc) is 1.25.